The lowest BCUT2D eigenvalue weighted by molar-refractivity contribution is 0.573. The van der Waals surface area contributed by atoms with Gasteiger partial charge in [-0.1, -0.05) is 96.5 Å². The molecule has 140 valence electrons. The number of halogens is 1. The number of benzene rings is 4. The molecule has 5 heteroatoms. The SMILES string of the molecule is O=S(=O)(NC(c1ccccc1)c1ccccc1)c1ccc(Cl)c2ccccc12. The van der Waals surface area contributed by atoms with Crippen LogP contribution in [-0.2, 0) is 10.0 Å². The van der Waals surface area contributed by atoms with Gasteiger partial charge in [0.15, 0.2) is 0 Å². The van der Waals surface area contributed by atoms with Crippen molar-refractivity contribution in [2.75, 3.05) is 0 Å². The molecule has 3 nitrogen and oxygen atoms in total. The van der Waals surface area contributed by atoms with E-state index in [-0.39, 0.29) is 4.90 Å². The Morgan fingerprint density at radius 2 is 1.14 bits per heavy atom. The Kier molecular flexibility index (Phi) is 5.18. The summed E-state index contributed by atoms with van der Waals surface area (Å²) < 4.78 is 29.6. The largest absolute Gasteiger partial charge is 0.242 e. The second-order valence-electron chi connectivity index (χ2n) is 6.47. The molecule has 0 aromatic heterocycles. The molecule has 0 amide bonds. The van der Waals surface area contributed by atoms with Gasteiger partial charge in [-0.25, -0.2) is 8.42 Å². The van der Waals surface area contributed by atoms with Gasteiger partial charge in [0.25, 0.3) is 0 Å². The summed E-state index contributed by atoms with van der Waals surface area (Å²) in [6.45, 7) is 0. The molecule has 4 rings (SSSR count). The van der Waals surface area contributed by atoms with Crippen molar-refractivity contribution in [3.8, 4) is 0 Å². The highest BCUT2D eigenvalue weighted by atomic mass is 35.5. The second kappa shape index (κ2) is 7.76. The summed E-state index contributed by atoms with van der Waals surface area (Å²) in [6, 6.07) is 29.0. The average Bonchev–Trinajstić information content (AvgIpc) is 2.73. The van der Waals surface area contributed by atoms with E-state index in [1.165, 1.54) is 0 Å². The maximum Gasteiger partial charge on any atom is 0.242 e. The van der Waals surface area contributed by atoms with Crippen LogP contribution in [0.4, 0.5) is 0 Å². The van der Waals surface area contributed by atoms with E-state index in [4.69, 9.17) is 11.6 Å². The van der Waals surface area contributed by atoms with Gasteiger partial charge in [0.2, 0.25) is 10.0 Å². The Labute approximate surface area is 169 Å². The van der Waals surface area contributed by atoms with Gasteiger partial charge in [-0.15, -0.1) is 0 Å². The van der Waals surface area contributed by atoms with Gasteiger partial charge in [0, 0.05) is 15.8 Å². The first kappa shape index (κ1) is 18.7. The first-order chi connectivity index (χ1) is 13.6. The molecule has 0 heterocycles. The first-order valence-corrected chi connectivity index (χ1v) is 10.7. The first-order valence-electron chi connectivity index (χ1n) is 8.86. The summed E-state index contributed by atoms with van der Waals surface area (Å²) >= 11 is 6.26. The molecule has 0 unspecified atom stereocenters. The number of sulfonamides is 1. The van der Waals surface area contributed by atoms with Crippen molar-refractivity contribution in [2.45, 2.75) is 10.9 Å². The Morgan fingerprint density at radius 3 is 1.71 bits per heavy atom. The molecule has 0 bridgehead atoms. The Balaban J connectivity index is 1.82. The number of fused-ring (bicyclic) bond motifs is 1. The maximum absolute atomic E-state index is 13.4. The van der Waals surface area contributed by atoms with Gasteiger partial charge in [0.1, 0.15) is 0 Å². The van der Waals surface area contributed by atoms with Crippen LogP contribution in [0.15, 0.2) is 102 Å². The maximum atomic E-state index is 13.4. The predicted molar refractivity (Wildman–Crippen MR) is 114 cm³/mol. The number of rotatable bonds is 5. The van der Waals surface area contributed by atoms with Crippen molar-refractivity contribution in [1.82, 2.24) is 4.72 Å². The minimum absolute atomic E-state index is 0.212. The van der Waals surface area contributed by atoms with Crippen LogP contribution in [0.25, 0.3) is 10.8 Å². The van der Waals surface area contributed by atoms with E-state index in [0.717, 1.165) is 11.1 Å². The highest BCUT2D eigenvalue weighted by Gasteiger charge is 2.24. The Bertz CT molecular complexity index is 1170. The van der Waals surface area contributed by atoms with Crippen LogP contribution in [-0.4, -0.2) is 8.42 Å². The van der Waals surface area contributed by atoms with E-state index < -0.39 is 16.1 Å². The molecule has 0 saturated carbocycles. The van der Waals surface area contributed by atoms with E-state index in [2.05, 4.69) is 4.72 Å². The molecule has 4 aromatic rings. The lowest BCUT2D eigenvalue weighted by Crippen LogP contribution is -2.29. The van der Waals surface area contributed by atoms with E-state index >= 15 is 0 Å². The highest BCUT2D eigenvalue weighted by Crippen LogP contribution is 2.31. The number of hydrogen-bond acceptors (Lipinski definition) is 2. The molecule has 0 saturated heterocycles. The molecular formula is C23H18ClNO2S. The van der Waals surface area contributed by atoms with Crippen LogP contribution in [0.2, 0.25) is 5.02 Å². The average molecular weight is 408 g/mol. The molecule has 0 radical (unpaired) electrons. The van der Waals surface area contributed by atoms with Crippen LogP contribution in [0, 0.1) is 0 Å². The molecule has 1 N–H and O–H groups in total. The Hall–Kier alpha value is -2.66. The number of nitrogens with one attached hydrogen (secondary N) is 1. The molecule has 0 aliphatic heterocycles. The fourth-order valence-corrected chi connectivity index (χ4v) is 4.96. The van der Waals surface area contributed by atoms with Crippen LogP contribution in [0.5, 0.6) is 0 Å². The standard InChI is InChI=1S/C23H18ClNO2S/c24-21-15-16-22(20-14-8-7-13-19(20)21)28(26,27)25-23(17-9-3-1-4-10-17)18-11-5-2-6-12-18/h1-16,23,25H. The van der Waals surface area contributed by atoms with Crippen LogP contribution in [0.1, 0.15) is 17.2 Å². The smallest absolute Gasteiger partial charge is 0.207 e. The fourth-order valence-electron chi connectivity index (χ4n) is 3.31. The summed E-state index contributed by atoms with van der Waals surface area (Å²) in [5.41, 5.74) is 1.74. The van der Waals surface area contributed by atoms with E-state index in [1.54, 1.807) is 18.2 Å². The molecule has 4 aromatic carbocycles. The molecule has 0 aliphatic rings. The minimum atomic E-state index is -3.81. The van der Waals surface area contributed by atoms with Crippen molar-refractivity contribution < 1.29 is 8.42 Å². The van der Waals surface area contributed by atoms with E-state index in [0.29, 0.717) is 15.8 Å². The molecule has 0 atom stereocenters. The van der Waals surface area contributed by atoms with Gasteiger partial charge < -0.3 is 0 Å². The zero-order chi connectivity index (χ0) is 19.6. The number of hydrogen-bond donors (Lipinski definition) is 1. The molecular weight excluding hydrogens is 390 g/mol. The van der Waals surface area contributed by atoms with Gasteiger partial charge in [-0.3, -0.25) is 0 Å². The molecule has 28 heavy (non-hydrogen) atoms. The van der Waals surface area contributed by atoms with Crippen molar-refractivity contribution in [1.29, 1.82) is 0 Å². The monoisotopic (exact) mass is 407 g/mol. The molecule has 0 aliphatic carbocycles. The third-order valence-electron chi connectivity index (χ3n) is 4.66. The van der Waals surface area contributed by atoms with Crippen LogP contribution >= 0.6 is 11.6 Å². The van der Waals surface area contributed by atoms with Gasteiger partial charge in [-0.05, 0) is 23.3 Å². The summed E-state index contributed by atoms with van der Waals surface area (Å²) in [5, 5.41) is 1.84. The van der Waals surface area contributed by atoms with Gasteiger partial charge in [-0.2, -0.15) is 4.72 Å². The third-order valence-corrected chi connectivity index (χ3v) is 6.47. The van der Waals surface area contributed by atoms with E-state index in [9.17, 15) is 8.42 Å². The summed E-state index contributed by atoms with van der Waals surface area (Å²) in [5.74, 6) is 0. The lowest BCUT2D eigenvalue weighted by atomic mass is 10.00. The van der Waals surface area contributed by atoms with Crippen molar-refractivity contribution in [3.05, 3.63) is 113 Å². The molecule has 0 spiro atoms. The summed E-state index contributed by atoms with van der Waals surface area (Å²) in [7, 11) is -3.81. The topological polar surface area (TPSA) is 46.2 Å². The van der Waals surface area contributed by atoms with Crippen molar-refractivity contribution >= 4 is 32.4 Å². The zero-order valence-corrected chi connectivity index (χ0v) is 16.5. The minimum Gasteiger partial charge on any atom is -0.207 e. The normalized spacial score (nSPS) is 11.8. The highest BCUT2D eigenvalue weighted by molar-refractivity contribution is 7.89. The third kappa shape index (κ3) is 3.67. The fraction of sp³-hybridized carbons (Fsp3) is 0.0435. The van der Waals surface area contributed by atoms with Crippen molar-refractivity contribution in [2.24, 2.45) is 0 Å². The lowest BCUT2D eigenvalue weighted by Gasteiger charge is -2.20. The summed E-state index contributed by atoms with van der Waals surface area (Å²) in [6.07, 6.45) is 0. The van der Waals surface area contributed by atoms with Gasteiger partial charge >= 0.3 is 0 Å². The Morgan fingerprint density at radius 1 is 0.643 bits per heavy atom. The van der Waals surface area contributed by atoms with Gasteiger partial charge in [0.05, 0.1) is 10.9 Å². The second-order valence-corrected chi connectivity index (χ2v) is 8.56. The zero-order valence-electron chi connectivity index (χ0n) is 14.9. The van der Waals surface area contributed by atoms with Crippen LogP contribution in [0.3, 0.4) is 0 Å². The molecule has 0 fully saturated rings. The predicted octanol–water partition coefficient (Wildman–Crippen LogP) is 5.56. The van der Waals surface area contributed by atoms with Crippen LogP contribution < -0.4 is 4.72 Å². The van der Waals surface area contributed by atoms with E-state index in [1.807, 2.05) is 78.9 Å². The quantitative estimate of drug-likeness (QED) is 0.470. The van der Waals surface area contributed by atoms with Crippen molar-refractivity contribution in [3.63, 3.8) is 0 Å². The summed E-state index contributed by atoms with van der Waals surface area (Å²) in [4.78, 5) is 0.212.